The number of aliphatic hydroxyl groups is 1. The minimum Gasteiger partial charge on any atom is -0.395 e. The number of ether oxygens (including phenoxy) is 1. The molecule has 9 nitrogen and oxygen atoms in total. The van der Waals surface area contributed by atoms with Crippen molar-refractivity contribution in [3.05, 3.63) is 107 Å². The fraction of sp³-hybridized carbons (Fsp3) is 0.389. The fourth-order valence-electron chi connectivity index (χ4n) is 7.88. The van der Waals surface area contributed by atoms with E-state index in [1.807, 2.05) is 92.0 Å². The van der Waals surface area contributed by atoms with Crippen LogP contribution in [0.3, 0.4) is 0 Å². The van der Waals surface area contributed by atoms with Gasteiger partial charge < -0.3 is 23.8 Å². The molecule has 1 aromatic heterocycles. The molecule has 0 bridgehead atoms. The van der Waals surface area contributed by atoms with Crippen molar-refractivity contribution in [2.45, 2.75) is 69.1 Å². The predicted molar refractivity (Wildman–Crippen MR) is 179 cm³/mol. The molecule has 0 radical (unpaired) electrons. The number of rotatable bonds is 10. The number of anilines is 2. The molecule has 11 heteroatoms. The van der Waals surface area contributed by atoms with Crippen LogP contribution in [0.15, 0.2) is 85.1 Å². The third kappa shape index (κ3) is 5.40. The molecule has 3 aromatic carbocycles. The van der Waals surface area contributed by atoms with E-state index < -0.39 is 31.6 Å². The summed E-state index contributed by atoms with van der Waals surface area (Å²) in [5.41, 5.74) is 2.88. The molecule has 47 heavy (non-hydrogen) atoms. The second-order valence-electron chi connectivity index (χ2n) is 13.5. The number of aliphatic hydroxyl groups excluding tert-OH is 1. The molecule has 1 unspecified atom stereocenters. The number of β-lactam (4-membered cyclic amide) rings is 1. The van der Waals surface area contributed by atoms with Gasteiger partial charge in [-0.2, -0.15) is 0 Å². The summed E-state index contributed by atoms with van der Waals surface area (Å²) < 4.78 is 25.0. The van der Waals surface area contributed by atoms with Gasteiger partial charge in [0.1, 0.15) is 0 Å². The summed E-state index contributed by atoms with van der Waals surface area (Å²) in [5.74, 6) is -0.910. The lowest BCUT2D eigenvalue weighted by Gasteiger charge is -2.33. The highest BCUT2D eigenvalue weighted by atomic mass is 28.4. The van der Waals surface area contributed by atoms with Gasteiger partial charge in [-0.05, 0) is 48.8 Å². The molecule has 4 heterocycles. The first-order chi connectivity index (χ1) is 22.6. The summed E-state index contributed by atoms with van der Waals surface area (Å²) >= 11 is 0. The molecule has 7 rings (SSSR count). The quantitative estimate of drug-likeness (QED) is 0.137. The summed E-state index contributed by atoms with van der Waals surface area (Å²) in [6.45, 7) is 6.62. The molecule has 2 saturated heterocycles. The Balaban J connectivity index is 1.22. The van der Waals surface area contributed by atoms with Crippen LogP contribution in [0.25, 0.3) is 0 Å². The van der Waals surface area contributed by atoms with Crippen LogP contribution in [-0.2, 0) is 33.0 Å². The van der Waals surface area contributed by atoms with Gasteiger partial charge in [0.05, 0.1) is 36.6 Å². The fourth-order valence-corrected chi connectivity index (χ4v) is 10.4. The summed E-state index contributed by atoms with van der Waals surface area (Å²) in [4.78, 5) is 30.6. The monoisotopic (exact) mass is 653 g/mol. The first kappa shape index (κ1) is 31.4. The van der Waals surface area contributed by atoms with Gasteiger partial charge in [-0.25, -0.2) is 0 Å². The van der Waals surface area contributed by atoms with Crippen molar-refractivity contribution in [1.29, 1.82) is 0 Å². The third-order valence-electron chi connectivity index (χ3n) is 10.2. The molecule has 0 saturated carbocycles. The Hall–Kier alpha value is -4.19. The molecule has 5 atom stereocenters. The molecule has 244 valence electrons. The van der Waals surface area contributed by atoms with Gasteiger partial charge in [0, 0.05) is 48.4 Å². The Labute approximate surface area is 275 Å². The van der Waals surface area contributed by atoms with Crippen LogP contribution in [0, 0.1) is 5.92 Å². The molecule has 3 aliphatic heterocycles. The number of carbonyl (C=O) groups excluding carboxylic acids is 2. The zero-order chi connectivity index (χ0) is 32.9. The Kier molecular flexibility index (Phi) is 8.10. The number of aryl methyl sites for hydroxylation is 1. The molecule has 2 amide bonds. The van der Waals surface area contributed by atoms with Crippen LogP contribution < -0.4 is 9.80 Å². The standard InChI is InChI=1S/C36H40FN5O4Si/c1-24-34(47(2,3)37)32(16-18-40-22-30(38-39-40)28(23-43)26-12-8-5-9-13-26)46-36(24)29-20-27(41-19-17-33(41)44)14-15-31(29)42(35(36)45)21-25-10-6-4-7-11-25/h4-15,20,22,24,28,32,34,43H,16-19,21,23H2,1-3H3/t24-,28?,32+,34-,36+/m0/s1. The smallest absolute Gasteiger partial charge is 0.264 e. The predicted octanol–water partition coefficient (Wildman–Crippen LogP) is 5.55. The van der Waals surface area contributed by atoms with Crippen LogP contribution in [0.5, 0.6) is 0 Å². The van der Waals surface area contributed by atoms with E-state index in [0.29, 0.717) is 43.7 Å². The van der Waals surface area contributed by atoms with E-state index in [2.05, 4.69) is 10.3 Å². The number of carbonyl (C=O) groups is 2. The van der Waals surface area contributed by atoms with E-state index in [-0.39, 0.29) is 24.3 Å². The van der Waals surface area contributed by atoms with Gasteiger partial charge >= 0.3 is 0 Å². The maximum atomic E-state index is 16.4. The van der Waals surface area contributed by atoms with Crippen molar-refractivity contribution in [2.24, 2.45) is 5.92 Å². The average Bonchev–Trinajstić information content (AvgIpc) is 3.71. The van der Waals surface area contributed by atoms with Gasteiger partial charge in [-0.1, -0.05) is 72.8 Å². The van der Waals surface area contributed by atoms with E-state index in [4.69, 9.17) is 4.74 Å². The van der Waals surface area contributed by atoms with Crippen LogP contribution >= 0.6 is 0 Å². The first-order valence-corrected chi connectivity index (χ1v) is 19.3. The minimum absolute atomic E-state index is 0.0424. The lowest BCUT2D eigenvalue weighted by molar-refractivity contribution is -0.146. The number of benzene rings is 3. The first-order valence-electron chi connectivity index (χ1n) is 16.3. The summed E-state index contributed by atoms with van der Waals surface area (Å²) in [6, 6.07) is 25.2. The zero-order valence-corrected chi connectivity index (χ0v) is 27.9. The second-order valence-corrected chi connectivity index (χ2v) is 17.3. The van der Waals surface area contributed by atoms with Gasteiger partial charge in [-0.15, -0.1) is 5.10 Å². The van der Waals surface area contributed by atoms with E-state index in [0.717, 1.165) is 22.5 Å². The Morgan fingerprint density at radius 2 is 1.79 bits per heavy atom. The molecular formula is C36H40FN5O4Si. The second kappa shape index (κ2) is 12.1. The van der Waals surface area contributed by atoms with E-state index >= 15 is 4.11 Å². The SMILES string of the molecule is C[C@H]1[C@H]([Si](C)(C)F)[C@@H](CCn2cc(C(CO)c3ccccc3)nn2)O[C@]12C(=O)N(Cc1ccccc1)c1ccc(N3CCC3=O)cc12. The van der Waals surface area contributed by atoms with Crippen molar-refractivity contribution < 1.29 is 23.5 Å². The Bertz CT molecular complexity index is 1780. The molecule has 1 spiro atoms. The lowest BCUT2D eigenvalue weighted by atomic mass is 9.82. The van der Waals surface area contributed by atoms with Crippen molar-refractivity contribution >= 4 is 31.6 Å². The molecule has 2 fully saturated rings. The van der Waals surface area contributed by atoms with E-state index in [1.54, 1.807) is 27.6 Å². The van der Waals surface area contributed by atoms with Crippen molar-refractivity contribution in [3.8, 4) is 0 Å². The molecule has 4 aromatic rings. The number of aromatic nitrogens is 3. The van der Waals surface area contributed by atoms with E-state index in [9.17, 15) is 14.7 Å². The van der Waals surface area contributed by atoms with Crippen molar-refractivity contribution in [1.82, 2.24) is 15.0 Å². The molecule has 0 aliphatic carbocycles. The van der Waals surface area contributed by atoms with Gasteiger partial charge in [0.15, 0.2) is 5.60 Å². The van der Waals surface area contributed by atoms with Crippen LogP contribution in [0.4, 0.5) is 15.5 Å². The number of hydrogen-bond acceptors (Lipinski definition) is 6. The van der Waals surface area contributed by atoms with Crippen LogP contribution in [0.2, 0.25) is 18.6 Å². The van der Waals surface area contributed by atoms with E-state index in [1.165, 1.54) is 0 Å². The highest BCUT2D eigenvalue weighted by Gasteiger charge is 2.66. The number of nitrogens with zero attached hydrogens (tertiary/aromatic N) is 5. The summed E-state index contributed by atoms with van der Waals surface area (Å²) in [5, 5.41) is 18.8. The van der Waals surface area contributed by atoms with Gasteiger partial charge in [0.25, 0.3) is 5.91 Å². The van der Waals surface area contributed by atoms with Gasteiger partial charge in [-0.3, -0.25) is 14.3 Å². The van der Waals surface area contributed by atoms with Crippen molar-refractivity contribution in [2.75, 3.05) is 23.0 Å². The topological polar surface area (TPSA) is 101 Å². The average molecular weight is 654 g/mol. The maximum absolute atomic E-state index is 16.4. The number of amides is 2. The summed E-state index contributed by atoms with van der Waals surface area (Å²) in [7, 11) is -3.37. The number of halogens is 1. The number of hydrogen-bond donors (Lipinski definition) is 1. The zero-order valence-electron chi connectivity index (χ0n) is 26.9. The third-order valence-corrected chi connectivity index (χ3v) is 12.7. The lowest BCUT2D eigenvalue weighted by Crippen LogP contribution is -2.45. The Morgan fingerprint density at radius 1 is 1.06 bits per heavy atom. The highest BCUT2D eigenvalue weighted by molar-refractivity contribution is 6.72. The number of fused-ring (bicyclic) bond motifs is 2. The molecular weight excluding hydrogens is 614 g/mol. The minimum atomic E-state index is -3.37. The summed E-state index contributed by atoms with van der Waals surface area (Å²) in [6.07, 6.45) is 2.20. The maximum Gasteiger partial charge on any atom is 0.264 e. The van der Waals surface area contributed by atoms with Crippen molar-refractivity contribution in [3.63, 3.8) is 0 Å². The van der Waals surface area contributed by atoms with Crippen LogP contribution in [0.1, 0.15) is 48.1 Å². The normalized spacial score (nSPS) is 24.6. The molecule has 3 aliphatic rings. The molecule has 1 N–H and O–H groups in total. The van der Waals surface area contributed by atoms with Crippen LogP contribution in [-0.4, -0.2) is 59.6 Å². The van der Waals surface area contributed by atoms with Gasteiger partial charge in [0.2, 0.25) is 14.3 Å². The largest absolute Gasteiger partial charge is 0.395 e. The Morgan fingerprint density at radius 3 is 2.43 bits per heavy atom. The highest BCUT2D eigenvalue weighted by Crippen LogP contribution is 2.60.